The number of carboxylic acids is 1. The highest BCUT2D eigenvalue weighted by Gasteiger charge is 2.31. The van der Waals surface area contributed by atoms with Gasteiger partial charge in [0.05, 0.1) is 17.9 Å². The Labute approximate surface area is 149 Å². The predicted octanol–water partition coefficient (Wildman–Crippen LogP) is 4.88. The summed E-state index contributed by atoms with van der Waals surface area (Å²) in [5, 5.41) is 12.2. The van der Waals surface area contributed by atoms with Gasteiger partial charge in [0, 0.05) is 0 Å². The maximum absolute atomic E-state index is 12.0. The van der Waals surface area contributed by atoms with Crippen LogP contribution < -0.4 is 5.32 Å². The van der Waals surface area contributed by atoms with Crippen LogP contribution in [0.4, 0.5) is 10.5 Å². The summed E-state index contributed by atoms with van der Waals surface area (Å²) in [5.41, 5.74) is 2.79. The van der Waals surface area contributed by atoms with Gasteiger partial charge in [0.1, 0.15) is 0 Å². The molecule has 0 aromatic heterocycles. The van der Waals surface area contributed by atoms with Crippen LogP contribution >= 0.6 is 0 Å². The summed E-state index contributed by atoms with van der Waals surface area (Å²) in [7, 11) is 0. The number of hydrogen-bond acceptors (Lipinski definition) is 3. The van der Waals surface area contributed by atoms with Crippen LogP contribution in [0, 0.1) is 11.3 Å². The number of ether oxygens (including phenoxy) is 1. The minimum absolute atomic E-state index is 0.125. The second kappa shape index (κ2) is 7.89. The number of carboxylic acid groups (broad SMARTS) is 1. The molecule has 1 amide bonds. The van der Waals surface area contributed by atoms with Crippen molar-refractivity contribution < 1.29 is 19.4 Å². The fourth-order valence-electron chi connectivity index (χ4n) is 3.36. The molecule has 138 valence electrons. The molecule has 0 fully saturated rings. The largest absolute Gasteiger partial charge is 0.478 e. The molecule has 1 aromatic carbocycles. The molecule has 25 heavy (non-hydrogen) atoms. The molecule has 1 aliphatic carbocycles. The second-order valence-electron chi connectivity index (χ2n) is 7.85. The van der Waals surface area contributed by atoms with Gasteiger partial charge in [-0.25, -0.2) is 9.59 Å². The molecule has 5 heteroatoms. The van der Waals surface area contributed by atoms with Crippen LogP contribution in [0.3, 0.4) is 0 Å². The van der Waals surface area contributed by atoms with Crippen molar-refractivity contribution in [1.82, 2.24) is 0 Å². The maximum Gasteiger partial charge on any atom is 0.411 e. The number of rotatable bonds is 5. The number of benzene rings is 1. The van der Waals surface area contributed by atoms with Gasteiger partial charge in [0.15, 0.2) is 0 Å². The number of amides is 1. The Bertz CT molecular complexity index is 646. The Hall–Kier alpha value is -2.04. The zero-order valence-electron chi connectivity index (χ0n) is 15.6. The average Bonchev–Trinajstić information content (AvgIpc) is 2.53. The van der Waals surface area contributed by atoms with Crippen LogP contribution in [0.15, 0.2) is 12.1 Å². The minimum atomic E-state index is -1.04. The minimum Gasteiger partial charge on any atom is -0.478 e. The molecular weight excluding hydrogens is 318 g/mol. The van der Waals surface area contributed by atoms with Crippen LogP contribution in [-0.2, 0) is 17.6 Å². The summed E-state index contributed by atoms with van der Waals surface area (Å²) in [5.74, 6) is -0.496. The van der Waals surface area contributed by atoms with Crippen molar-refractivity contribution >= 4 is 17.7 Å². The van der Waals surface area contributed by atoms with Crippen LogP contribution in [0.2, 0.25) is 0 Å². The molecule has 1 atom stereocenters. The van der Waals surface area contributed by atoms with Crippen LogP contribution in [0.5, 0.6) is 0 Å². The van der Waals surface area contributed by atoms with Crippen molar-refractivity contribution in [1.29, 1.82) is 0 Å². The highest BCUT2D eigenvalue weighted by atomic mass is 16.5. The Morgan fingerprint density at radius 1 is 1.32 bits per heavy atom. The number of aromatic carboxylic acids is 1. The molecule has 0 radical (unpaired) electrons. The Balaban J connectivity index is 2.28. The van der Waals surface area contributed by atoms with E-state index >= 15 is 0 Å². The number of anilines is 1. The van der Waals surface area contributed by atoms with E-state index in [1.54, 1.807) is 6.07 Å². The summed E-state index contributed by atoms with van der Waals surface area (Å²) >= 11 is 0. The monoisotopic (exact) mass is 347 g/mol. The van der Waals surface area contributed by atoms with Crippen molar-refractivity contribution in [3.8, 4) is 0 Å². The molecule has 0 heterocycles. The Morgan fingerprint density at radius 2 is 2.04 bits per heavy atom. The number of nitrogens with one attached hydrogen (secondary N) is 1. The van der Waals surface area contributed by atoms with Gasteiger partial charge < -0.3 is 9.84 Å². The van der Waals surface area contributed by atoms with E-state index in [1.807, 2.05) is 13.0 Å². The van der Waals surface area contributed by atoms with Crippen LogP contribution in [-0.4, -0.2) is 23.8 Å². The molecular formula is C20H29NO4. The molecule has 5 nitrogen and oxygen atoms in total. The first-order valence-corrected chi connectivity index (χ1v) is 9.05. The van der Waals surface area contributed by atoms with E-state index in [0.29, 0.717) is 18.2 Å². The predicted molar refractivity (Wildman–Crippen MR) is 98.3 cm³/mol. The highest BCUT2D eigenvalue weighted by Crippen LogP contribution is 2.40. The lowest BCUT2D eigenvalue weighted by Crippen LogP contribution is -2.28. The normalized spacial score (nSPS) is 16.9. The van der Waals surface area contributed by atoms with Gasteiger partial charge in [-0.3, -0.25) is 5.32 Å². The second-order valence-corrected chi connectivity index (χ2v) is 7.85. The summed E-state index contributed by atoms with van der Waals surface area (Å²) < 4.78 is 5.14. The average molecular weight is 347 g/mol. The van der Waals surface area contributed by atoms with Crippen molar-refractivity contribution in [2.24, 2.45) is 11.3 Å². The van der Waals surface area contributed by atoms with Crippen molar-refractivity contribution in [2.45, 2.75) is 59.8 Å². The smallest absolute Gasteiger partial charge is 0.411 e. The van der Waals surface area contributed by atoms with Crippen molar-refractivity contribution in [3.05, 3.63) is 28.8 Å². The summed E-state index contributed by atoms with van der Waals surface area (Å²) in [6.07, 6.45) is 3.80. The molecule has 0 unspecified atom stereocenters. The molecule has 1 aliphatic rings. The lowest BCUT2D eigenvalue weighted by Gasteiger charge is -2.35. The quantitative estimate of drug-likeness (QED) is 0.744. The van der Waals surface area contributed by atoms with Crippen LogP contribution in [0.25, 0.3) is 0 Å². The Morgan fingerprint density at radius 3 is 2.64 bits per heavy atom. The van der Waals surface area contributed by atoms with E-state index in [2.05, 4.69) is 26.1 Å². The van der Waals surface area contributed by atoms with Gasteiger partial charge in [0.25, 0.3) is 0 Å². The third-order valence-electron chi connectivity index (χ3n) is 5.03. The summed E-state index contributed by atoms with van der Waals surface area (Å²) in [6.45, 7) is 9.06. The SMILES string of the molecule is CCCCOC(=O)Nc1c(C(=O)O)ccc2c1CC[C@H](C(C)(C)C)C2. The number of carbonyl (C=O) groups excluding carboxylic acids is 1. The molecule has 1 aromatic rings. The Kier molecular flexibility index (Phi) is 6.09. The van der Waals surface area contributed by atoms with E-state index in [9.17, 15) is 14.7 Å². The first-order valence-electron chi connectivity index (χ1n) is 9.05. The maximum atomic E-state index is 12.0. The zero-order valence-corrected chi connectivity index (χ0v) is 15.6. The number of fused-ring (bicyclic) bond motifs is 1. The first kappa shape index (κ1) is 19.3. The molecule has 0 spiro atoms. The standard InChI is InChI=1S/C20H29NO4/c1-5-6-11-25-19(24)21-17-15-10-8-14(20(2,3)4)12-13(15)7-9-16(17)18(22)23/h7,9,14H,5-6,8,10-12H2,1-4H3,(H,21,24)(H,22,23)/t14-/m0/s1. The van der Waals surface area contributed by atoms with Gasteiger partial charge >= 0.3 is 12.1 Å². The molecule has 2 rings (SSSR count). The third kappa shape index (κ3) is 4.74. The van der Waals surface area contributed by atoms with Gasteiger partial charge in [-0.1, -0.05) is 40.2 Å². The van der Waals surface area contributed by atoms with Crippen molar-refractivity contribution in [3.63, 3.8) is 0 Å². The molecule has 0 aliphatic heterocycles. The van der Waals surface area contributed by atoms with E-state index in [1.165, 1.54) is 0 Å². The lowest BCUT2D eigenvalue weighted by molar-refractivity contribution is 0.0697. The van der Waals surface area contributed by atoms with E-state index in [0.717, 1.165) is 43.2 Å². The first-order chi connectivity index (χ1) is 11.7. The van der Waals surface area contributed by atoms with Gasteiger partial charge in [-0.05, 0) is 54.2 Å². The molecule has 0 saturated heterocycles. The van der Waals surface area contributed by atoms with E-state index < -0.39 is 12.1 Å². The fraction of sp³-hybridized carbons (Fsp3) is 0.600. The number of hydrogen-bond donors (Lipinski definition) is 2. The van der Waals surface area contributed by atoms with E-state index in [-0.39, 0.29) is 11.0 Å². The molecule has 2 N–H and O–H groups in total. The van der Waals surface area contributed by atoms with Gasteiger partial charge in [-0.2, -0.15) is 0 Å². The zero-order chi connectivity index (χ0) is 18.6. The molecule has 0 saturated carbocycles. The van der Waals surface area contributed by atoms with Gasteiger partial charge in [0.2, 0.25) is 0 Å². The summed E-state index contributed by atoms with van der Waals surface area (Å²) in [4.78, 5) is 23.6. The topological polar surface area (TPSA) is 75.6 Å². The lowest BCUT2D eigenvalue weighted by atomic mass is 9.70. The highest BCUT2D eigenvalue weighted by molar-refractivity contribution is 6.00. The number of carbonyl (C=O) groups is 2. The third-order valence-corrected chi connectivity index (χ3v) is 5.03. The van der Waals surface area contributed by atoms with Crippen LogP contribution in [0.1, 0.15) is 68.4 Å². The van der Waals surface area contributed by atoms with Gasteiger partial charge in [-0.15, -0.1) is 0 Å². The van der Waals surface area contributed by atoms with Crippen molar-refractivity contribution in [2.75, 3.05) is 11.9 Å². The van der Waals surface area contributed by atoms with E-state index in [4.69, 9.17) is 4.74 Å². The number of unbranched alkanes of at least 4 members (excludes halogenated alkanes) is 1. The molecule has 0 bridgehead atoms. The fourth-order valence-corrected chi connectivity index (χ4v) is 3.36. The summed E-state index contributed by atoms with van der Waals surface area (Å²) in [6, 6.07) is 3.48.